The fourth-order valence-electron chi connectivity index (χ4n) is 1.64. The molecule has 0 saturated heterocycles. The molecule has 0 aromatic rings. The van der Waals surface area contributed by atoms with Gasteiger partial charge in [0.2, 0.25) is 5.91 Å². The van der Waals surface area contributed by atoms with E-state index in [1.165, 1.54) is 7.11 Å². The first-order chi connectivity index (χ1) is 9.69. The molecule has 1 atom stereocenters. The lowest BCUT2D eigenvalue weighted by atomic mass is 10.1. The van der Waals surface area contributed by atoms with Gasteiger partial charge in [-0.05, 0) is 33.6 Å². The van der Waals surface area contributed by atoms with Crippen LogP contribution in [0.4, 0.5) is 0 Å². The lowest BCUT2D eigenvalue weighted by Crippen LogP contribution is -2.42. The first-order valence-corrected chi connectivity index (χ1v) is 7.52. The van der Waals surface area contributed by atoms with E-state index < -0.39 is 17.6 Å². The smallest absolute Gasteiger partial charge is 0.328 e. The van der Waals surface area contributed by atoms with Gasteiger partial charge in [-0.1, -0.05) is 6.42 Å². The van der Waals surface area contributed by atoms with Gasteiger partial charge in [-0.15, -0.1) is 0 Å². The van der Waals surface area contributed by atoms with Gasteiger partial charge in [0, 0.05) is 6.42 Å². The molecule has 0 fully saturated rings. The van der Waals surface area contributed by atoms with Crippen molar-refractivity contribution in [3.63, 3.8) is 0 Å². The average molecular weight is 319 g/mol. The second kappa shape index (κ2) is 9.65. The van der Waals surface area contributed by atoms with Crippen LogP contribution in [-0.2, 0) is 23.9 Å². The van der Waals surface area contributed by atoms with Crippen LogP contribution in [0.15, 0.2) is 0 Å². The third kappa shape index (κ3) is 10.2. The van der Waals surface area contributed by atoms with Crippen LogP contribution in [0.3, 0.4) is 0 Å². The van der Waals surface area contributed by atoms with E-state index in [4.69, 9.17) is 4.74 Å². The number of hydrogen-bond donors (Lipinski definition) is 2. The molecule has 0 aromatic heterocycles. The third-order valence-corrected chi connectivity index (χ3v) is 2.80. The van der Waals surface area contributed by atoms with Gasteiger partial charge >= 0.3 is 11.9 Å². The molecule has 0 aliphatic carbocycles. The summed E-state index contributed by atoms with van der Waals surface area (Å²) in [7, 11) is 1.27. The van der Waals surface area contributed by atoms with Crippen LogP contribution >= 0.6 is 12.6 Å². The third-order valence-electron chi connectivity index (χ3n) is 2.51. The molecular weight excluding hydrogens is 294 g/mol. The van der Waals surface area contributed by atoms with Crippen LogP contribution in [0.2, 0.25) is 0 Å². The summed E-state index contributed by atoms with van der Waals surface area (Å²) in [6.07, 6.45) is 1.88. The summed E-state index contributed by atoms with van der Waals surface area (Å²) in [4.78, 5) is 34.3. The summed E-state index contributed by atoms with van der Waals surface area (Å²) >= 11 is 3.84. The summed E-state index contributed by atoms with van der Waals surface area (Å²) in [5.41, 5.74) is -0.494. The van der Waals surface area contributed by atoms with Crippen molar-refractivity contribution < 1.29 is 23.9 Å². The Morgan fingerprint density at radius 1 is 1.19 bits per heavy atom. The molecule has 0 bridgehead atoms. The maximum Gasteiger partial charge on any atom is 0.328 e. The first kappa shape index (κ1) is 19.8. The fourth-order valence-corrected chi connectivity index (χ4v) is 1.73. The number of esters is 2. The van der Waals surface area contributed by atoms with E-state index in [1.807, 2.05) is 20.8 Å². The number of amides is 1. The van der Waals surface area contributed by atoms with Crippen LogP contribution < -0.4 is 5.32 Å². The van der Waals surface area contributed by atoms with Crippen molar-refractivity contribution in [1.29, 1.82) is 0 Å². The molecule has 0 unspecified atom stereocenters. The quantitative estimate of drug-likeness (QED) is 0.402. The van der Waals surface area contributed by atoms with Crippen LogP contribution in [0.5, 0.6) is 0 Å². The molecule has 0 spiro atoms. The zero-order valence-corrected chi connectivity index (χ0v) is 14.0. The van der Waals surface area contributed by atoms with Crippen molar-refractivity contribution >= 4 is 30.5 Å². The van der Waals surface area contributed by atoms with Crippen molar-refractivity contribution in [2.75, 3.05) is 12.9 Å². The van der Waals surface area contributed by atoms with E-state index in [1.54, 1.807) is 0 Å². The number of rotatable bonds is 8. The molecule has 122 valence electrons. The minimum absolute atomic E-state index is 0.00536. The molecule has 0 aromatic carbocycles. The highest BCUT2D eigenvalue weighted by atomic mass is 32.1. The van der Waals surface area contributed by atoms with E-state index in [0.717, 1.165) is 0 Å². The van der Waals surface area contributed by atoms with Crippen LogP contribution in [0, 0.1) is 0 Å². The first-order valence-electron chi connectivity index (χ1n) is 6.89. The molecule has 6 nitrogen and oxygen atoms in total. The van der Waals surface area contributed by atoms with Gasteiger partial charge in [0.25, 0.3) is 0 Å². The Bertz CT molecular complexity index is 365. The highest BCUT2D eigenvalue weighted by Gasteiger charge is 2.21. The van der Waals surface area contributed by atoms with Gasteiger partial charge in [-0.3, -0.25) is 9.59 Å². The lowest BCUT2D eigenvalue weighted by molar-refractivity contribution is -0.154. The predicted molar refractivity (Wildman–Crippen MR) is 82.1 cm³/mol. The molecule has 7 heteroatoms. The second-order valence-corrected chi connectivity index (χ2v) is 5.95. The lowest BCUT2D eigenvalue weighted by Gasteiger charge is -2.19. The normalized spacial score (nSPS) is 12.4. The number of hydrogen-bond acceptors (Lipinski definition) is 6. The van der Waals surface area contributed by atoms with Crippen molar-refractivity contribution in [2.45, 2.75) is 58.1 Å². The zero-order valence-electron chi connectivity index (χ0n) is 13.1. The van der Waals surface area contributed by atoms with Crippen molar-refractivity contribution in [1.82, 2.24) is 5.32 Å². The fraction of sp³-hybridized carbons (Fsp3) is 0.786. The van der Waals surface area contributed by atoms with Crippen molar-refractivity contribution in [3.8, 4) is 0 Å². The van der Waals surface area contributed by atoms with Crippen LogP contribution in [0.25, 0.3) is 0 Å². The molecular formula is C14H25NO5S. The molecule has 0 saturated carbocycles. The van der Waals surface area contributed by atoms with Crippen molar-refractivity contribution in [2.24, 2.45) is 0 Å². The van der Waals surface area contributed by atoms with E-state index in [0.29, 0.717) is 19.3 Å². The zero-order chi connectivity index (χ0) is 16.5. The maximum absolute atomic E-state index is 11.5. The van der Waals surface area contributed by atoms with Gasteiger partial charge in [-0.2, -0.15) is 12.6 Å². The second-order valence-electron chi connectivity index (χ2n) is 5.63. The van der Waals surface area contributed by atoms with Gasteiger partial charge in [0.15, 0.2) is 0 Å². The summed E-state index contributed by atoms with van der Waals surface area (Å²) < 4.78 is 9.82. The molecule has 0 heterocycles. The Hall–Kier alpha value is -1.24. The SMILES string of the molecule is COC(=O)[C@H](CCCCC(=O)OC(C)(C)C)NC(=O)CS. The molecule has 0 aliphatic heterocycles. The van der Waals surface area contributed by atoms with E-state index in [2.05, 4.69) is 22.7 Å². The standard InChI is InChI=1S/C14H25NO5S/c1-14(2,3)20-12(17)8-6-5-7-10(13(18)19-4)15-11(16)9-21/h10,21H,5-9H2,1-4H3,(H,15,16)/t10-/m0/s1. The van der Waals surface area contributed by atoms with Gasteiger partial charge < -0.3 is 14.8 Å². The number of nitrogens with one attached hydrogen (secondary N) is 1. The summed E-state index contributed by atoms with van der Waals surface area (Å²) in [6, 6.07) is -0.701. The number of carbonyl (C=O) groups excluding carboxylic acids is 3. The highest BCUT2D eigenvalue weighted by molar-refractivity contribution is 7.81. The Morgan fingerprint density at radius 2 is 1.81 bits per heavy atom. The summed E-state index contributed by atoms with van der Waals surface area (Å²) in [6.45, 7) is 5.43. The van der Waals surface area contributed by atoms with E-state index in [9.17, 15) is 14.4 Å². The number of unbranched alkanes of at least 4 members (excludes halogenated alkanes) is 1. The Morgan fingerprint density at radius 3 is 2.29 bits per heavy atom. The van der Waals surface area contributed by atoms with Crippen LogP contribution in [-0.4, -0.2) is 42.4 Å². The van der Waals surface area contributed by atoms with Gasteiger partial charge in [0.05, 0.1) is 12.9 Å². The highest BCUT2D eigenvalue weighted by Crippen LogP contribution is 2.11. The molecule has 0 aliphatic rings. The monoisotopic (exact) mass is 319 g/mol. The molecule has 1 amide bonds. The minimum atomic E-state index is -0.701. The summed E-state index contributed by atoms with van der Waals surface area (Å²) in [5, 5.41) is 2.54. The van der Waals surface area contributed by atoms with Gasteiger partial charge in [-0.25, -0.2) is 4.79 Å². The molecule has 0 rings (SSSR count). The molecule has 21 heavy (non-hydrogen) atoms. The Labute approximate surface area is 131 Å². The Kier molecular flexibility index (Phi) is 9.08. The molecule has 0 radical (unpaired) electrons. The maximum atomic E-state index is 11.5. The largest absolute Gasteiger partial charge is 0.467 e. The number of carbonyl (C=O) groups is 3. The number of thiol groups is 1. The van der Waals surface area contributed by atoms with Crippen molar-refractivity contribution in [3.05, 3.63) is 0 Å². The number of methoxy groups -OCH3 is 1. The summed E-state index contributed by atoms with van der Waals surface area (Å²) in [5.74, 6) is -1.09. The minimum Gasteiger partial charge on any atom is -0.467 e. The predicted octanol–water partition coefficient (Wildman–Crippen LogP) is 1.48. The van der Waals surface area contributed by atoms with Crippen LogP contribution in [0.1, 0.15) is 46.5 Å². The topological polar surface area (TPSA) is 81.7 Å². The van der Waals surface area contributed by atoms with Gasteiger partial charge in [0.1, 0.15) is 11.6 Å². The Balaban J connectivity index is 4.11. The van der Waals surface area contributed by atoms with E-state index in [-0.39, 0.29) is 24.1 Å². The van der Waals surface area contributed by atoms with E-state index >= 15 is 0 Å². The molecule has 1 N–H and O–H groups in total. The number of ether oxygens (including phenoxy) is 2. The average Bonchev–Trinajstić information content (AvgIpc) is 2.38.